The third-order valence-corrected chi connectivity index (χ3v) is 5.91. The normalized spacial score (nSPS) is 12.6. The Morgan fingerprint density at radius 1 is 1.24 bits per heavy atom. The van der Waals surface area contributed by atoms with Crippen LogP contribution < -0.4 is 11.1 Å². The van der Waals surface area contributed by atoms with E-state index in [0.717, 1.165) is 5.56 Å². The number of aromatic nitrogens is 3. The van der Waals surface area contributed by atoms with Crippen LogP contribution in [0.15, 0.2) is 42.1 Å². The van der Waals surface area contributed by atoms with E-state index in [0.29, 0.717) is 17.5 Å². The van der Waals surface area contributed by atoms with Crippen LogP contribution in [0.5, 0.6) is 0 Å². The van der Waals surface area contributed by atoms with Gasteiger partial charge in [-0.1, -0.05) is 76.7 Å². The summed E-state index contributed by atoms with van der Waals surface area (Å²) >= 11 is 1.26. The molecule has 1 atom stereocenters. The summed E-state index contributed by atoms with van der Waals surface area (Å²) in [7, 11) is 0. The van der Waals surface area contributed by atoms with Crippen molar-refractivity contribution in [3.8, 4) is 11.4 Å². The largest absolute Gasteiger partial charge is 0.351 e. The highest BCUT2D eigenvalue weighted by molar-refractivity contribution is 8.00. The minimum absolute atomic E-state index is 0.0391. The molecule has 1 aromatic carbocycles. The summed E-state index contributed by atoms with van der Waals surface area (Å²) < 4.78 is 1.91. The number of carbonyl (C=O) groups excluding carboxylic acids is 2. The van der Waals surface area contributed by atoms with Crippen LogP contribution in [0.3, 0.4) is 0 Å². The molecule has 0 aliphatic rings. The molecule has 3 amide bonds. The first-order valence-electron chi connectivity index (χ1n) is 9.46. The Morgan fingerprint density at radius 2 is 1.86 bits per heavy atom. The van der Waals surface area contributed by atoms with E-state index in [-0.39, 0.29) is 11.3 Å². The van der Waals surface area contributed by atoms with E-state index in [9.17, 15) is 9.59 Å². The second kappa shape index (κ2) is 9.26. The van der Waals surface area contributed by atoms with E-state index in [2.05, 4.69) is 55.0 Å². The number of hydrogen-bond donors (Lipinski definition) is 2. The highest BCUT2D eigenvalue weighted by Gasteiger charge is 2.27. The molecule has 0 spiro atoms. The molecule has 1 heterocycles. The minimum Gasteiger partial charge on any atom is -0.351 e. The Hall–Kier alpha value is -2.61. The van der Waals surface area contributed by atoms with Gasteiger partial charge in [-0.2, -0.15) is 0 Å². The van der Waals surface area contributed by atoms with Gasteiger partial charge in [0, 0.05) is 12.1 Å². The molecule has 8 heteroatoms. The van der Waals surface area contributed by atoms with E-state index >= 15 is 0 Å². The van der Waals surface area contributed by atoms with Gasteiger partial charge in [0.05, 0.1) is 5.25 Å². The number of hydrogen-bond acceptors (Lipinski definition) is 5. The number of urea groups is 1. The summed E-state index contributed by atoms with van der Waals surface area (Å²) in [6.45, 7) is 14.6. The fourth-order valence-electron chi connectivity index (χ4n) is 2.80. The van der Waals surface area contributed by atoms with Gasteiger partial charge in [0.15, 0.2) is 11.0 Å². The molecule has 0 unspecified atom stereocenters. The van der Waals surface area contributed by atoms with Gasteiger partial charge in [0.2, 0.25) is 5.91 Å². The van der Waals surface area contributed by atoms with Crippen molar-refractivity contribution in [2.24, 2.45) is 11.7 Å². The van der Waals surface area contributed by atoms with Crippen molar-refractivity contribution < 1.29 is 9.59 Å². The minimum atomic E-state index is -0.867. The molecule has 1 aromatic heterocycles. The van der Waals surface area contributed by atoms with Gasteiger partial charge in [-0.25, -0.2) is 4.79 Å². The van der Waals surface area contributed by atoms with E-state index in [1.807, 2.05) is 30.5 Å². The van der Waals surface area contributed by atoms with Gasteiger partial charge in [0.25, 0.3) is 0 Å². The van der Waals surface area contributed by atoms with E-state index in [1.165, 1.54) is 17.3 Å². The van der Waals surface area contributed by atoms with Crippen molar-refractivity contribution in [1.29, 1.82) is 0 Å². The average molecular weight is 416 g/mol. The first-order chi connectivity index (χ1) is 13.5. The van der Waals surface area contributed by atoms with E-state index < -0.39 is 17.2 Å². The molecular formula is C21H29N5O2S. The van der Waals surface area contributed by atoms with Crippen molar-refractivity contribution >= 4 is 23.7 Å². The molecule has 0 saturated heterocycles. The van der Waals surface area contributed by atoms with Crippen molar-refractivity contribution in [3.63, 3.8) is 0 Å². The molecule has 0 bridgehead atoms. The molecule has 156 valence electrons. The maximum atomic E-state index is 12.4. The summed E-state index contributed by atoms with van der Waals surface area (Å²) in [6, 6.07) is 7.36. The highest BCUT2D eigenvalue weighted by atomic mass is 32.2. The monoisotopic (exact) mass is 415 g/mol. The van der Waals surface area contributed by atoms with E-state index in [4.69, 9.17) is 5.73 Å². The Morgan fingerprint density at radius 3 is 2.34 bits per heavy atom. The number of nitrogens with one attached hydrogen (secondary N) is 1. The highest BCUT2D eigenvalue weighted by Crippen LogP contribution is 2.31. The summed E-state index contributed by atoms with van der Waals surface area (Å²) in [4.78, 5) is 23.4. The predicted octanol–water partition coefficient (Wildman–Crippen LogP) is 3.74. The van der Waals surface area contributed by atoms with Crippen LogP contribution in [-0.2, 0) is 16.8 Å². The number of allylic oxidation sites excluding steroid dienone is 1. The number of nitrogens with zero attached hydrogens (tertiary/aromatic N) is 3. The maximum absolute atomic E-state index is 12.4. The molecule has 29 heavy (non-hydrogen) atoms. The molecule has 3 N–H and O–H groups in total. The maximum Gasteiger partial charge on any atom is 0.318 e. The lowest BCUT2D eigenvalue weighted by molar-refractivity contribution is -0.120. The molecule has 7 nitrogen and oxygen atoms in total. The Kier molecular flexibility index (Phi) is 7.24. The quantitative estimate of drug-likeness (QED) is 0.530. The Labute approximate surface area is 176 Å². The van der Waals surface area contributed by atoms with Crippen molar-refractivity contribution in [2.45, 2.75) is 57.0 Å². The van der Waals surface area contributed by atoms with Gasteiger partial charge in [-0.3, -0.25) is 14.7 Å². The summed E-state index contributed by atoms with van der Waals surface area (Å²) in [6.07, 6.45) is 1.76. The number of primary amides is 1. The average Bonchev–Trinajstić information content (AvgIpc) is 3.01. The lowest BCUT2D eigenvalue weighted by Crippen LogP contribution is -2.42. The van der Waals surface area contributed by atoms with Crippen molar-refractivity contribution in [1.82, 2.24) is 20.1 Å². The third-order valence-electron chi connectivity index (χ3n) is 4.38. The molecule has 2 aromatic rings. The molecule has 0 aliphatic carbocycles. The second-order valence-electron chi connectivity index (χ2n) is 8.17. The second-order valence-corrected chi connectivity index (χ2v) is 9.28. The zero-order valence-corrected chi connectivity index (χ0v) is 18.4. The number of nitrogens with two attached hydrogens (primary N) is 1. The first-order valence-corrected chi connectivity index (χ1v) is 10.3. The summed E-state index contributed by atoms with van der Waals surface area (Å²) in [5.41, 5.74) is 7.32. The topological polar surface area (TPSA) is 103 Å². The van der Waals surface area contributed by atoms with Crippen LogP contribution in [0, 0.1) is 5.92 Å². The lowest BCUT2D eigenvalue weighted by atomic mass is 9.87. The zero-order valence-electron chi connectivity index (χ0n) is 17.6. The van der Waals surface area contributed by atoms with Crippen LogP contribution in [0.4, 0.5) is 4.79 Å². The SMILES string of the molecule is C=CCn1c(S[C@@H](C(=O)NC(N)=O)C(C)C)nnc1-c1ccc(C(C)(C)C)cc1. The fraction of sp³-hybridized carbons (Fsp3) is 0.429. The van der Waals surface area contributed by atoms with Gasteiger partial charge in [0.1, 0.15) is 0 Å². The number of imide groups is 1. The fourth-order valence-corrected chi connectivity index (χ4v) is 3.84. The zero-order chi connectivity index (χ0) is 21.8. The number of amides is 3. The van der Waals surface area contributed by atoms with Gasteiger partial charge in [-0.05, 0) is 16.9 Å². The number of thioether (sulfide) groups is 1. The third kappa shape index (κ3) is 5.69. The number of benzene rings is 1. The summed E-state index contributed by atoms with van der Waals surface area (Å²) in [5.74, 6) is 0.218. The lowest BCUT2D eigenvalue weighted by Gasteiger charge is -2.19. The molecule has 0 radical (unpaired) electrons. The first kappa shape index (κ1) is 22.7. The Bertz CT molecular complexity index is 881. The summed E-state index contributed by atoms with van der Waals surface area (Å²) in [5, 5.41) is 10.9. The molecular weight excluding hydrogens is 386 g/mol. The number of rotatable bonds is 7. The van der Waals surface area contributed by atoms with Gasteiger partial charge < -0.3 is 5.73 Å². The van der Waals surface area contributed by atoms with Gasteiger partial charge >= 0.3 is 6.03 Å². The van der Waals surface area contributed by atoms with Crippen LogP contribution in [-0.4, -0.2) is 32.0 Å². The Balaban J connectivity index is 2.37. The van der Waals surface area contributed by atoms with E-state index in [1.54, 1.807) is 6.08 Å². The molecule has 0 fully saturated rings. The molecule has 0 aliphatic heterocycles. The standard InChI is InChI=1S/C21H29N5O2S/c1-7-12-26-17(14-8-10-15(11-9-14)21(4,5)6)24-25-20(26)29-16(13(2)3)18(27)23-19(22)28/h7-11,13,16H,1,12H2,2-6H3,(H3,22,23,27,28)/t16-/m1/s1. The van der Waals surface area contributed by atoms with Crippen LogP contribution in [0.25, 0.3) is 11.4 Å². The van der Waals surface area contributed by atoms with Crippen LogP contribution in [0.2, 0.25) is 0 Å². The van der Waals surface area contributed by atoms with Crippen LogP contribution >= 0.6 is 11.8 Å². The molecule has 0 saturated carbocycles. The predicted molar refractivity (Wildman–Crippen MR) is 117 cm³/mol. The molecule has 2 rings (SSSR count). The smallest absolute Gasteiger partial charge is 0.318 e. The van der Waals surface area contributed by atoms with Gasteiger partial charge in [-0.15, -0.1) is 16.8 Å². The van der Waals surface area contributed by atoms with Crippen LogP contribution in [0.1, 0.15) is 40.2 Å². The van der Waals surface area contributed by atoms with Crippen molar-refractivity contribution in [2.75, 3.05) is 0 Å². The van der Waals surface area contributed by atoms with Crippen molar-refractivity contribution in [3.05, 3.63) is 42.5 Å². The number of carbonyl (C=O) groups is 2.